The molecule has 6 atom stereocenters. The standard InChI is InChI=1S/C17H34N2/c1-12-6-7-19(15(4)9-12)11-16-14(3)8-13(2)10-17(16)18-5/h12-18H,6-11H2,1-5H3. The molecule has 1 saturated carbocycles. The lowest BCUT2D eigenvalue weighted by atomic mass is 9.72. The Morgan fingerprint density at radius 2 is 1.74 bits per heavy atom. The van der Waals surface area contributed by atoms with Crippen LogP contribution in [0.2, 0.25) is 0 Å². The lowest BCUT2D eigenvalue weighted by Gasteiger charge is -2.45. The summed E-state index contributed by atoms with van der Waals surface area (Å²) in [5, 5.41) is 3.60. The molecule has 112 valence electrons. The lowest BCUT2D eigenvalue weighted by molar-refractivity contribution is 0.0585. The summed E-state index contributed by atoms with van der Waals surface area (Å²) >= 11 is 0. The maximum absolute atomic E-state index is 3.60. The van der Waals surface area contributed by atoms with Crippen LogP contribution in [0, 0.1) is 23.7 Å². The Labute approximate surface area is 120 Å². The molecule has 0 aromatic rings. The maximum atomic E-state index is 3.60. The second kappa shape index (κ2) is 6.58. The number of rotatable bonds is 3. The average molecular weight is 266 g/mol. The molecule has 1 aliphatic carbocycles. The van der Waals surface area contributed by atoms with Gasteiger partial charge in [0.25, 0.3) is 0 Å². The number of likely N-dealkylation sites (tertiary alicyclic amines) is 1. The van der Waals surface area contributed by atoms with Gasteiger partial charge in [0.2, 0.25) is 0 Å². The molecule has 0 aromatic heterocycles. The summed E-state index contributed by atoms with van der Waals surface area (Å²) in [6.07, 6.45) is 5.57. The third-order valence-electron chi connectivity index (χ3n) is 5.77. The van der Waals surface area contributed by atoms with Gasteiger partial charge < -0.3 is 10.2 Å². The van der Waals surface area contributed by atoms with Crippen LogP contribution < -0.4 is 5.32 Å². The van der Waals surface area contributed by atoms with Gasteiger partial charge in [-0.2, -0.15) is 0 Å². The molecule has 2 nitrogen and oxygen atoms in total. The van der Waals surface area contributed by atoms with E-state index in [9.17, 15) is 0 Å². The fourth-order valence-electron chi connectivity index (χ4n) is 4.55. The van der Waals surface area contributed by atoms with Gasteiger partial charge in [0.1, 0.15) is 0 Å². The molecule has 0 aromatic carbocycles. The van der Waals surface area contributed by atoms with Crippen molar-refractivity contribution >= 4 is 0 Å². The SMILES string of the molecule is CNC1CC(C)CC(C)C1CN1CCC(C)CC1C. The first-order valence-corrected chi connectivity index (χ1v) is 8.42. The summed E-state index contributed by atoms with van der Waals surface area (Å²) in [4.78, 5) is 2.77. The minimum Gasteiger partial charge on any atom is -0.317 e. The van der Waals surface area contributed by atoms with Gasteiger partial charge in [0.15, 0.2) is 0 Å². The zero-order valence-electron chi connectivity index (χ0n) is 13.7. The van der Waals surface area contributed by atoms with E-state index in [1.165, 1.54) is 38.8 Å². The topological polar surface area (TPSA) is 15.3 Å². The van der Waals surface area contributed by atoms with Crippen LogP contribution in [0.15, 0.2) is 0 Å². The van der Waals surface area contributed by atoms with Gasteiger partial charge in [-0.1, -0.05) is 20.8 Å². The van der Waals surface area contributed by atoms with E-state index in [1.54, 1.807) is 0 Å². The van der Waals surface area contributed by atoms with E-state index < -0.39 is 0 Å². The van der Waals surface area contributed by atoms with Gasteiger partial charge >= 0.3 is 0 Å². The van der Waals surface area contributed by atoms with Gasteiger partial charge in [-0.05, 0) is 69.9 Å². The van der Waals surface area contributed by atoms with Crippen LogP contribution >= 0.6 is 0 Å². The van der Waals surface area contributed by atoms with E-state index in [-0.39, 0.29) is 0 Å². The Hall–Kier alpha value is -0.0800. The second-order valence-corrected chi connectivity index (χ2v) is 7.59. The van der Waals surface area contributed by atoms with Gasteiger partial charge in [0.05, 0.1) is 0 Å². The van der Waals surface area contributed by atoms with Crippen LogP contribution in [0.5, 0.6) is 0 Å². The van der Waals surface area contributed by atoms with Crippen molar-refractivity contribution in [1.29, 1.82) is 0 Å². The van der Waals surface area contributed by atoms with E-state index in [0.29, 0.717) is 0 Å². The molecule has 2 fully saturated rings. The number of hydrogen-bond donors (Lipinski definition) is 1. The normalized spacial score (nSPS) is 45.3. The van der Waals surface area contributed by atoms with Crippen LogP contribution in [0.3, 0.4) is 0 Å². The van der Waals surface area contributed by atoms with Crippen molar-refractivity contribution in [1.82, 2.24) is 10.2 Å². The Morgan fingerprint density at radius 1 is 1.00 bits per heavy atom. The summed E-state index contributed by atoms with van der Waals surface area (Å²) in [6.45, 7) is 12.4. The summed E-state index contributed by atoms with van der Waals surface area (Å²) in [7, 11) is 2.16. The largest absolute Gasteiger partial charge is 0.317 e. The third-order valence-corrected chi connectivity index (χ3v) is 5.77. The Bertz CT molecular complexity index is 278. The first-order valence-electron chi connectivity index (χ1n) is 8.42. The second-order valence-electron chi connectivity index (χ2n) is 7.59. The molecule has 19 heavy (non-hydrogen) atoms. The third kappa shape index (κ3) is 3.72. The summed E-state index contributed by atoms with van der Waals surface area (Å²) in [5.41, 5.74) is 0. The quantitative estimate of drug-likeness (QED) is 0.842. The number of nitrogens with zero attached hydrogens (tertiary/aromatic N) is 1. The van der Waals surface area contributed by atoms with Gasteiger partial charge in [-0.25, -0.2) is 0 Å². The van der Waals surface area contributed by atoms with E-state index in [4.69, 9.17) is 0 Å². The van der Waals surface area contributed by atoms with Gasteiger partial charge in [-0.3, -0.25) is 0 Å². The van der Waals surface area contributed by atoms with E-state index in [0.717, 1.165) is 35.8 Å². The van der Waals surface area contributed by atoms with Gasteiger partial charge in [0, 0.05) is 18.6 Å². The molecule has 0 radical (unpaired) electrons. The molecule has 0 bridgehead atoms. The van der Waals surface area contributed by atoms with Gasteiger partial charge in [-0.15, -0.1) is 0 Å². The number of hydrogen-bond acceptors (Lipinski definition) is 2. The lowest BCUT2D eigenvalue weighted by Crippen LogP contribution is -2.51. The molecule has 6 unspecified atom stereocenters. The van der Waals surface area contributed by atoms with E-state index in [2.05, 4.69) is 45.0 Å². The van der Waals surface area contributed by atoms with E-state index in [1.807, 2.05) is 0 Å². The number of piperidine rings is 1. The highest BCUT2D eigenvalue weighted by Crippen LogP contribution is 2.35. The average Bonchev–Trinajstić information content (AvgIpc) is 2.34. The molecule has 1 saturated heterocycles. The van der Waals surface area contributed by atoms with Crippen molar-refractivity contribution < 1.29 is 0 Å². The smallest absolute Gasteiger partial charge is 0.0110 e. The number of nitrogens with one attached hydrogen (secondary N) is 1. The minimum absolute atomic E-state index is 0.727. The maximum Gasteiger partial charge on any atom is 0.0110 e. The predicted octanol–water partition coefficient (Wildman–Crippen LogP) is 3.38. The van der Waals surface area contributed by atoms with Crippen molar-refractivity contribution in [3.63, 3.8) is 0 Å². The Morgan fingerprint density at radius 3 is 2.37 bits per heavy atom. The summed E-state index contributed by atoms with van der Waals surface area (Å²) in [5.74, 6) is 3.53. The molecule has 2 aliphatic rings. The molecule has 0 spiro atoms. The Balaban J connectivity index is 1.96. The van der Waals surface area contributed by atoms with Crippen molar-refractivity contribution in [2.45, 2.75) is 65.5 Å². The molecule has 2 heteroatoms. The highest BCUT2D eigenvalue weighted by molar-refractivity contribution is 4.90. The molecule has 1 N–H and O–H groups in total. The van der Waals surface area contributed by atoms with Crippen molar-refractivity contribution in [3.8, 4) is 0 Å². The van der Waals surface area contributed by atoms with Crippen molar-refractivity contribution in [3.05, 3.63) is 0 Å². The molecule has 2 rings (SSSR count). The molecular formula is C17H34N2. The molecule has 1 heterocycles. The van der Waals surface area contributed by atoms with Crippen molar-refractivity contribution in [2.75, 3.05) is 20.1 Å². The van der Waals surface area contributed by atoms with E-state index >= 15 is 0 Å². The Kier molecular flexibility index (Phi) is 5.30. The molecular weight excluding hydrogens is 232 g/mol. The first kappa shape index (κ1) is 15.3. The van der Waals surface area contributed by atoms with Crippen LogP contribution in [-0.2, 0) is 0 Å². The minimum atomic E-state index is 0.727. The zero-order valence-corrected chi connectivity index (χ0v) is 13.7. The summed E-state index contributed by atoms with van der Waals surface area (Å²) in [6, 6.07) is 1.51. The van der Waals surface area contributed by atoms with Crippen LogP contribution in [-0.4, -0.2) is 37.1 Å². The predicted molar refractivity (Wildman–Crippen MR) is 83.3 cm³/mol. The molecule has 0 amide bonds. The monoisotopic (exact) mass is 266 g/mol. The highest BCUT2D eigenvalue weighted by atomic mass is 15.2. The highest BCUT2D eigenvalue weighted by Gasteiger charge is 2.35. The fraction of sp³-hybridized carbons (Fsp3) is 1.00. The molecule has 1 aliphatic heterocycles. The fourth-order valence-corrected chi connectivity index (χ4v) is 4.55. The van der Waals surface area contributed by atoms with Crippen LogP contribution in [0.25, 0.3) is 0 Å². The summed E-state index contributed by atoms with van der Waals surface area (Å²) < 4.78 is 0. The zero-order chi connectivity index (χ0) is 14.0. The first-order chi connectivity index (χ1) is 9.01. The van der Waals surface area contributed by atoms with Crippen LogP contribution in [0.1, 0.15) is 53.4 Å². The van der Waals surface area contributed by atoms with Crippen molar-refractivity contribution in [2.24, 2.45) is 23.7 Å². The van der Waals surface area contributed by atoms with Crippen LogP contribution in [0.4, 0.5) is 0 Å².